The molecule has 6 nitrogen and oxygen atoms in total. The number of hydrogen-bond acceptors (Lipinski definition) is 5. The number of thiazole rings is 1. The van der Waals surface area contributed by atoms with Crippen LogP contribution in [-0.4, -0.2) is 23.5 Å². The number of aliphatic hydroxyl groups is 1. The van der Waals surface area contributed by atoms with Crippen LogP contribution in [0.3, 0.4) is 0 Å². The Kier molecular flexibility index (Phi) is 6.58. The summed E-state index contributed by atoms with van der Waals surface area (Å²) in [6.45, 7) is 0.585. The Hall–Kier alpha value is -3.23. The maximum Gasteiger partial charge on any atom is 0.339 e. The minimum Gasteiger partial charge on any atom is -0.396 e. The number of benzene rings is 3. The van der Waals surface area contributed by atoms with Crippen LogP contribution in [-0.2, 0) is 6.54 Å². The monoisotopic (exact) mass is 524 g/mol. The summed E-state index contributed by atoms with van der Waals surface area (Å²) in [6.07, 6.45) is 0.546. The molecule has 176 valence electrons. The van der Waals surface area contributed by atoms with Crippen molar-refractivity contribution in [1.29, 1.82) is 0 Å². The van der Waals surface area contributed by atoms with Gasteiger partial charge in [0.25, 0.3) is 11.8 Å². The number of rotatable bonds is 7. The van der Waals surface area contributed by atoms with E-state index in [2.05, 4.69) is 5.32 Å². The van der Waals surface area contributed by atoms with E-state index in [0.717, 1.165) is 16.4 Å². The van der Waals surface area contributed by atoms with Gasteiger partial charge in [0.05, 0.1) is 28.4 Å². The predicted molar refractivity (Wildman–Crippen MR) is 139 cm³/mol. The molecule has 0 unspecified atom stereocenters. The van der Waals surface area contributed by atoms with E-state index in [4.69, 9.17) is 23.2 Å². The van der Waals surface area contributed by atoms with E-state index in [1.807, 2.05) is 28.1 Å². The molecule has 3 aromatic carbocycles. The zero-order valence-corrected chi connectivity index (χ0v) is 20.7. The summed E-state index contributed by atoms with van der Waals surface area (Å²) in [5, 5.41) is 16.7. The third-order valence-electron chi connectivity index (χ3n) is 5.72. The van der Waals surface area contributed by atoms with E-state index >= 15 is 0 Å². The van der Waals surface area contributed by atoms with E-state index < -0.39 is 0 Å². The number of aliphatic hydroxyl groups excluding tert-OH is 1. The van der Waals surface area contributed by atoms with Crippen molar-refractivity contribution in [2.75, 3.05) is 16.8 Å². The van der Waals surface area contributed by atoms with Crippen LogP contribution in [0.15, 0.2) is 72.1 Å². The molecule has 4 aromatic rings. The molecule has 0 bridgehead atoms. The number of nitrogens with one attached hydrogen (secondary N) is 1. The van der Waals surface area contributed by atoms with E-state index in [0.29, 0.717) is 45.5 Å². The molecule has 0 spiro atoms. The van der Waals surface area contributed by atoms with Gasteiger partial charge >= 0.3 is 5.13 Å². The molecule has 2 N–H and O–H groups in total. The van der Waals surface area contributed by atoms with Crippen LogP contribution in [0.2, 0.25) is 10.0 Å². The lowest BCUT2D eigenvalue weighted by molar-refractivity contribution is -0.668. The number of amides is 2. The molecule has 0 atom stereocenters. The van der Waals surface area contributed by atoms with Gasteiger partial charge in [0.2, 0.25) is 0 Å². The van der Waals surface area contributed by atoms with Crippen molar-refractivity contribution < 1.29 is 19.3 Å². The summed E-state index contributed by atoms with van der Waals surface area (Å²) in [5.41, 5.74) is 3.69. The smallest absolute Gasteiger partial charge is 0.339 e. The summed E-state index contributed by atoms with van der Waals surface area (Å²) < 4.78 is 2.04. The fourth-order valence-electron chi connectivity index (χ4n) is 4.06. The number of nitrogens with zero attached hydrogens (tertiary/aromatic N) is 2. The summed E-state index contributed by atoms with van der Waals surface area (Å²) in [4.78, 5) is 27.2. The summed E-state index contributed by atoms with van der Waals surface area (Å²) >= 11 is 14.0. The highest BCUT2D eigenvalue weighted by Gasteiger charge is 2.36. The Morgan fingerprint density at radius 1 is 0.943 bits per heavy atom. The van der Waals surface area contributed by atoms with E-state index in [-0.39, 0.29) is 18.4 Å². The van der Waals surface area contributed by atoms with Gasteiger partial charge in [0.15, 0.2) is 0 Å². The first kappa shape index (κ1) is 23.5. The molecular weight excluding hydrogens is 505 g/mol. The van der Waals surface area contributed by atoms with Gasteiger partial charge in [-0.15, -0.1) is 0 Å². The Bertz CT molecular complexity index is 1420. The first-order chi connectivity index (χ1) is 17.0. The van der Waals surface area contributed by atoms with Gasteiger partial charge in [0.1, 0.15) is 11.4 Å². The first-order valence-electron chi connectivity index (χ1n) is 10.9. The van der Waals surface area contributed by atoms with Crippen molar-refractivity contribution in [3.8, 4) is 11.3 Å². The van der Waals surface area contributed by atoms with Crippen LogP contribution in [0.5, 0.6) is 0 Å². The predicted octanol–water partition coefficient (Wildman–Crippen LogP) is 5.94. The molecule has 2 heterocycles. The van der Waals surface area contributed by atoms with Crippen LogP contribution in [0, 0.1) is 0 Å². The Balaban J connectivity index is 1.52. The fourth-order valence-corrected chi connectivity index (χ4v) is 5.37. The molecule has 5 rings (SSSR count). The number of aromatic nitrogens is 1. The van der Waals surface area contributed by atoms with Gasteiger partial charge in [-0.05, 0) is 36.4 Å². The molecule has 0 fully saturated rings. The van der Waals surface area contributed by atoms with Gasteiger partial charge in [-0.3, -0.25) is 9.59 Å². The van der Waals surface area contributed by atoms with E-state index in [9.17, 15) is 14.7 Å². The van der Waals surface area contributed by atoms with Gasteiger partial charge in [-0.2, -0.15) is 0 Å². The summed E-state index contributed by atoms with van der Waals surface area (Å²) in [7, 11) is 0. The molecule has 0 radical (unpaired) electrons. The van der Waals surface area contributed by atoms with E-state index in [1.165, 1.54) is 16.2 Å². The summed E-state index contributed by atoms with van der Waals surface area (Å²) in [5.74, 6) is -0.668. The molecule has 1 aliphatic heterocycles. The van der Waals surface area contributed by atoms with Crippen LogP contribution in [0.4, 0.5) is 16.5 Å². The molecule has 0 aliphatic carbocycles. The van der Waals surface area contributed by atoms with Crippen LogP contribution in [0.25, 0.3) is 11.3 Å². The maximum atomic E-state index is 13.0. The van der Waals surface area contributed by atoms with Crippen LogP contribution < -0.4 is 14.8 Å². The zero-order valence-electron chi connectivity index (χ0n) is 18.4. The Labute approximate surface area is 216 Å². The minimum absolute atomic E-state index is 0.0364. The average molecular weight is 525 g/mol. The standard InChI is InChI=1S/C26H19Cl2N3O3S/c27-17-9-10-21(28)22(14-17)29-26-30(11-4-12-32)23(15-35-26)16-5-3-6-18(13-16)31-24(33)19-7-1-2-8-20(19)25(31)34/h1-3,5-10,13-15,32H,4,11-12H2/p+1. The highest BCUT2D eigenvalue weighted by atomic mass is 35.5. The van der Waals surface area contributed by atoms with Crippen molar-refractivity contribution in [2.45, 2.75) is 13.0 Å². The summed E-state index contributed by atoms with van der Waals surface area (Å²) in [6, 6.07) is 19.4. The molecule has 1 aromatic heterocycles. The number of fused-ring (bicyclic) bond motifs is 1. The maximum absolute atomic E-state index is 13.0. The first-order valence-corrected chi connectivity index (χ1v) is 12.5. The normalized spacial score (nSPS) is 12.8. The molecule has 1 aliphatic rings. The van der Waals surface area contributed by atoms with Crippen molar-refractivity contribution >= 4 is 62.9 Å². The van der Waals surface area contributed by atoms with Crippen molar-refractivity contribution in [3.63, 3.8) is 0 Å². The SMILES string of the molecule is O=C1c2ccccc2C(=O)N1c1cccc(-c2csc(Nc3cc(Cl)ccc3Cl)[n+]2CCCO)c1. The van der Waals surface area contributed by atoms with Gasteiger partial charge < -0.3 is 5.11 Å². The molecule has 9 heteroatoms. The number of imide groups is 1. The Morgan fingerprint density at radius 3 is 2.40 bits per heavy atom. The second kappa shape index (κ2) is 9.79. The lowest BCUT2D eigenvalue weighted by Crippen LogP contribution is -2.37. The second-order valence-electron chi connectivity index (χ2n) is 7.95. The third kappa shape index (κ3) is 4.44. The number of anilines is 3. The lowest BCUT2D eigenvalue weighted by atomic mass is 10.1. The molecule has 0 saturated heterocycles. The zero-order chi connectivity index (χ0) is 24.5. The molecule has 2 amide bonds. The third-order valence-corrected chi connectivity index (χ3v) is 7.17. The van der Waals surface area contributed by atoms with Gasteiger partial charge in [-0.1, -0.05) is 58.8 Å². The lowest BCUT2D eigenvalue weighted by Gasteiger charge is -2.15. The van der Waals surface area contributed by atoms with Crippen LogP contribution in [0.1, 0.15) is 27.1 Å². The van der Waals surface area contributed by atoms with Gasteiger partial charge in [0, 0.05) is 35.1 Å². The number of halogens is 2. The fraction of sp³-hybridized carbons (Fsp3) is 0.115. The molecular formula is C26H20Cl2N3O3S+. The van der Waals surface area contributed by atoms with E-state index in [1.54, 1.807) is 48.5 Å². The average Bonchev–Trinajstić information content (AvgIpc) is 3.38. The van der Waals surface area contributed by atoms with Gasteiger partial charge in [-0.25, -0.2) is 14.8 Å². The number of carbonyl (C=O) groups excluding carboxylic acids is 2. The molecule has 35 heavy (non-hydrogen) atoms. The highest BCUT2D eigenvalue weighted by Crippen LogP contribution is 2.34. The number of carbonyl (C=O) groups is 2. The second-order valence-corrected chi connectivity index (χ2v) is 9.65. The Morgan fingerprint density at radius 2 is 1.69 bits per heavy atom. The minimum atomic E-state index is -0.334. The highest BCUT2D eigenvalue weighted by molar-refractivity contribution is 7.13. The largest absolute Gasteiger partial charge is 0.396 e. The van der Waals surface area contributed by atoms with Crippen molar-refractivity contribution in [3.05, 3.63) is 93.3 Å². The topological polar surface area (TPSA) is 73.5 Å². The van der Waals surface area contributed by atoms with Crippen molar-refractivity contribution in [1.82, 2.24) is 0 Å². The quantitative estimate of drug-likeness (QED) is 0.232. The van der Waals surface area contributed by atoms with Crippen LogP contribution >= 0.6 is 34.5 Å². The molecule has 0 saturated carbocycles. The van der Waals surface area contributed by atoms with Crippen molar-refractivity contribution in [2.24, 2.45) is 0 Å². The number of hydrogen-bond donors (Lipinski definition) is 2.